The Kier molecular flexibility index (Phi) is 1.93. The number of alkyl halides is 7. The summed E-state index contributed by atoms with van der Waals surface area (Å²) in [6.07, 6.45) is 0. The molecule has 0 aromatic heterocycles. The van der Waals surface area contributed by atoms with E-state index in [-0.39, 0.29) is 0 Å². The van der Waals surface area contributed by atoms with Crippen molar-refractivity contribution in [1.82, 2.24) is 0 Å². The Morgan fingerprint density at radius 3 is 1.36 bits per heavy atom. The topological polar surface area (TPSA) is 34.1 Å². The van der Waals surface area contributed by atoms with Crippen molar-refractivity contribution in [2.45, 2.75) is 22.6 Å². The SMILES string of the molecule is O=S1(=O)C(F)C(F)(F)C(F)(F)C1(F)F. The van der Waals surface area contributed by atoms with Gasteiger partial charge in [0.05, 0.1) is 0 Å². The highest BCUT2D eigenvalue weighted by Crippen LogP contribution is 2.59. The molecule has 1 heterocycles. The minimum Gasteiger partial charge on any atom is -0.223 e. The first-order chi connectivity index (χ1) is 5.90. The van der Waals surface area contributed by atoms with E-state index in [1.54, 1.807) is 0 Å². The molecule has 0 spiro atoms. The van der Waals surface area contributed by atoms with Crippen molar-refractivity contribution in [1.29, 1.82) is 0 Å². The average Bonchev–Trinajstić information content (AvgIpc) is 2.05. The van der Waals surface area contributed by atoms with Gasteiger partial charge in [-0.1, -0.05) is 0 Å². The van der Waals surface area contributed by atoms with Gasteiger partial charge in [0.1, 0.15) is 0 Å². The summed E-state index contributed by atoms with van der Waals surface area (Å²) >= 11 is 0. The Balaban J connectivity index is 3.55. The number of rotatable bonds is 0. The summed E-state index contributed by atoms with van der Waals surface area (Å²) in [7, 11) is -6.52. The van der Waals surface area contributed by atoms with E-state index >= 15 is 0 Å². The van der Waals surface area contributed by atoms with Gasteiger partial charge < -0.3 is 0 Å². The second-order valence-corrected chi connectivity index (χ2v) is 4.59. The van der Waals surface area contributed by atoms with Crippen molar-refractivity contribution in [2.75, 3.05) is 0 Å². The molecule has 0 N–H and O–H groups in total. The van der Waals surface area contributed by atoms with Gasteiger partial charge in [-0.15, -0.1) is 0 Å². The number of sulfone groups is 1. The molecule has 0 aromatic carbocycles. The average molecular weight is 246 g/mol. The van der Waals surface area contributed by atoms with Crippen molar-refractivity contribution in [2.24, 2.45) is 0 Å². The minimum atomic E-state index is -6.52. The van der Waals surface area contributed by atoms with Crippen LogP contribution in [0, 0.1) is 0 Å². The summed E-state index contributed by atoms with van der Waals surface area (Å²) in [6.45, 7) is 0. The Labute approximate surface area is 72.6 Å². The van der Waals surface area contributed by atoms with Crippen LogP contribution in [-0.4, -0.2) is 31.0 Å². The van der Waals surface area contributed by atoms with Crippen LogP contribution in [0.15, 0.2) is 0 Å². The summed E-state index contributed by atoms with van der Waals surface area (Å²) in [5.41, 5.74) is -4.60. The van der Waals surface area contributed by atoms with Crippen LogP contribution >= 0.6 is 0 Å². The molecule has 1 fully saturated rings. The third-order valence-electron chi connectivity index (χ3n) is 1.70. The maximum absolute atomic E-state index is 12.2. The third kappa shape index (κ3) is 0.848. The molecule has 1 aliphatic heterocycles. The van der Waals surface area contributed by atoms with Gasteiger partial charge in [-0.05, 0) is 0 Å². The van der Waals surface area contributed by atoms with Crippen LogP contribution in [0.25, 0.3) is 0 Å². The largest absolute Gasteiger partial charge is 0.416 e. The number of hydrogen-bond donors (Lipinski definition) is 0. The molecule has 2 nitrogen and oxygen atoms in total. The second kappa shape index (κ2) is 2.34. The molecule has 1 atom stereocenters. The van der Waals surface area contributed by atoms with Gasteiger partial charge >= 0.3 is 17.1 Å². The molecule has 0 amide bonds. The zero-order chi connectivity index (χ0) is 11.6. The molecule has 0 bridgehead atoms. The van der Waals surface area contributed by atoms with E-state index in [1.165, 1.54) is 0 Å². The van der Waals surface area contributed by atoms with E-state index in [9.17, 15) is 39.2 Å². The monoisotopic (exact) mass is 246 g/mol. The second-order valence-electron chi connectivity index (χ2n) is 2.58. The molecule has 10 heteroatoms. The molecule has 1 saturated heterocycles. The van der Waals surface area contributed by atoms with Gasteiger partial charge in [0.2, 0.25) is 0 Å². The molecule has 14 heavy (non-hydrogen) atoms. The summed E-state index contributed by atoms with van der Waals surface area (Å²) in [5.74, 6) is -12.2. The third-order valence-corrected chi connectivity index (χ3v) is 3.51. The predicted octanol–water partition coefficient (Wildman–Crippen LogP) is 1.57. The van der Waals surface area contributed by atoms with Gasteiger partial charge in [0.25, 0.3) is 15.3 Å². The molecular formula is C4HF7O2S. The standard InChI is InChI=1S/C4HF7O2S/c5-1-2(6,7)3(8,9)4(10,11)14(1,12)13/h1H. The fourth-order valence-corrected chi connectivity index (χ4v) is 2.13. The molecule has 84 valence electrons. The Hall–Kier alpha value is -0.540. The fraction of sp³-hybridized carbons (Fsp3) is 1.00. The Morgan fingerprint density at radius 2 is 1.29 bits per heavy atom. The summed E-state index contributed by atoms with van der Waals surface area (Å²) < 4.78 is 105. The smallest absolute Gasteiger partial charge is 0.223 e. The fourth-order valence-electron chi connectivity index (χ4n) is 0.840. The van der Waals surface area contributed by atoms with Crippen LogP contribution in [0.2, 0.25) is 0 Å². The normalized spacial score (nSPS) is 36.9. The van der Waals surface area contributed by atoms with Gasteiger partial charge in [-0.25, -0.2) is 12.8 Å². The predicted molar refractivity (Wildman–Crippen MR) is 28.7 cm³/mol. The maximum atomic E-state index is 12.2. The molecule has 1 unspecified atom stereocenters. The zero-order valence-corrected chi connectivity index (χ0v) is 6.76. The quantitative estimate of drug-likeness (QED) is 0.608. The van der Waals surface area contributed by atoms with Gasteiger partial charge in [0, 0.05) is 0 Å². The maximum Gasteiger partial charge on any atom is 0.416 e. The highest BCUT2D eigenvalue weighted by Gasteiger charge is 2.90. The Bertz CT molecular complexity index is 358. The molecule has 1 rings (SSSR count). The van der Waals surface area contributed by atoms with Crippen LogP contribution in [0.3, 0.4) is 0 Å². The van der Waals surface area contributed by atoms with Crippen molar-refractivity contribution in [3.8, 4) is 0 Å². The summed E-state index contributed by atoms with van der Waals surface area (Å²) in [6, 6.07) is 0. The summed E-state index contributed by atoms with van der Waals surface area (Å²) in [4.78, 5) is 0. The number of halogens is 7. The lowest BCUT2D eigenvalue weighted by atomic mass is 10.2. The van der Waals surface area contributed by atoms with Gasteiger partial charge in [-0.2, -0.15) is 26.3 Å². The van der Waals surface area contributed by atoms with E-state index in [4.69, 9.17) is 0 Å². The minimum absolute atomic E-state index is 4.60. The molecular weight excluding hydrogens is 245 g/mol. The van der Waals surface area contributed by atoms with Crippen LogP contribution < -0.4 is 0 Å². The van der Waals surface area contributed by atoms with Gasteiger partial charge in [-0.3, -0.25) is 0 Å². The van der Waals surface area contributed by atoms with E-state index < -0.39 is 32.4 Å². The van der Waals surface area contributed by atoms with Crippen molar-refractivity contribution in [3.05, 3.63) is 0 Å². The van der Waals surface area contributed by atoms with Gasteiger partial charge in [0.15, 0.2) is 0 Å². The molecule has 1 aliphatic rings. The Morgan fingerprint density at radius 1 is 0.929 bits per heavy atom. The van der Waals surface area contributed by atoms with E-state index in [2.05, 4.69) is 0 Å². The highest BCUT2D eigenvalue weighted by atomic mass is 32.2. The first kappa shape index (κ1) is 11.5. The van der Waals surface area contributed by atoms with E-state index in [1.807, 2.05) is 0 Å². The van der Waals surface area contributed by atoms with Crippen LogP contribution in [0.5, 0.6) is 0 Å². The lowest BCUT2D eigenvalue weighted by Gasteiger charge is -2.20. The van der Waals surface area contributed by atoms with E-state index in [0.717, 1.165) is 0 Å². The van der Waals surface area contributed by atoms with Crippen LogP contribution in [0.1, 0.15) is 0 Å². The summed E-state index contributed by atoms with van der Waals surface area (Å²) in [5, 5.41) is -6.09. The van der Waals surface area contributed by atoms with Crippen LogP contribution in [0.4, 0.5) is 30.7 Å². The van der Waals surface area contributed by atoms with E-state index in [0.29, 0.717) is 0 Å². The first-order valence-corrected chi connectivity index (χ1v) is 4.46. The van der Waals surface area contributed by atoms with Crippen LogP contribution in [-0.2, 0) is 9.84 Å². The van der Waals surface area contributed by atoms with Crippen molar-refractivity contribution in [3.63, 3.8) is 0 Å². The number of hydrogen-bond acceptors (Lipinski definition) is 2. The van der Waals surface area contributed by atoms with Crippen molar-refractivity contribution < 1.29 is 39.2 Å². The highest BCUT2D eigenvalue weighted by molar-refractivity contribution is 7.93. The first-order valence-electron chi connectivity index (χ1n) is 2.91. The molecule has 0 aliphatic carbocycles. The molecule has 0 radical (unpaired) electrons. The van der Waals surface area contributed by atoms with Crippen molar-refractivity contribution >= 4 is 9.84 Å². The zero-order valence-electron chi connectivity index (χ0n) is 5.95. The molecule has 0 saturated carbocycles. The lowest BCUT2D eigenvalue weighted by Crippen LogP contribution is -2.48. The molecule has 0 aromatic rings. The lowest BCUT2D eigenvalue weighted by molar-refractivity contribution is -0.270.